The van der Waals surface area contributed by atoms with Crippen LogP contribution < -0.4 is 0 Å². The largest absolute Gasteiger partial charge is 0.481 e. The lowest BCUT2D eigenvalue weighted by Gasteiger charge is -2.33. The summed E-state index contributed by atoms with van der Waals surface area (Å²) in [5, 5.41) is 26.5. The van der Waals surface area contributed by atoms with Gasteiger partial charge in [-0.1, -0.05) is 18.2 Å². The first-order valence-electron chi connectivity index (χ1n) is 9.24. The zero-order valence-electron chi connectivity index (χ0n) is 16.9. The van der Waals surface area contributed by atoms with E-state index in [0.29, 0.717) is 22.3 Å². The van der Waals surface area contributed by atoms with Crippen LogP contribution >= 0.6 is 0 Å². The molecule has 0 fully saturated rings. The van der Waals surface area contributed by atoms with E-state index in [0.717, 1.165) is 9.96 Å². The molecule has 1 aromatic carbocycles. The third-order valence-electron chi connectivity index (χ3n) is 5.58. The Hall–Kier alpha value is -2.94. The molecule has 0 amide bonds. The van der Waals surface area contributed by atoms with Gasteiger partial charge in [0.2, 0.25) is 5.82 Å². The van der Waals surface area contributed by atoms with Crippen LogP contribution in [0.25, 0.3) is 5.65 Å². The van der Waals surface area contributed by atoms with Crippen molar-refractivity contribution in [2.75, 3.05) is 0 Å². The minimum Gasteiger partial charge on any atom is -0.481 e. The first-order chi connectivity index (χ1) is 13.9. The number of alkyl halides is 3. The highest BCUT2D eigenvalue weighted by molar-refractivity contribution is 5.77. The Labute approximate surface area is 171 Å². The molecule has 0 aliphatic rings. The van der Waals surface area contributed by atoms with Gasteiger partial charge < -0.3 is 10.2 Å². The smallest absolute Gasteiger partial charge is 0.452 e. The van der Waals surface area contributed by atoms with Gasteiger partial charge in [0.05, 0.1) is 12.0 Å². The zero-order valence-corrected chi connectivity index (χ0v) is 16.9. The lowest BCUT2D eigenvalue weighted by molar-refractivity contribution is -0.147. The van der Waals surface area contributed by atoms with Crippen LogP contribution in [-0.2, 0) is 17.6 Å². The molecule has 30 heavy (non-hydrogen) atoms. The molecule has 1 atom stereocenters. The topological polar surface area (TPSA) is 87.7 Å². The van der Waals surface area contributed by atoms with E-state index in [9.17, 15) is 28.2 Å². The van der Waals surface area contributed by atoms with Crippen molar-refractivity contribution in [3.8, 4) is 0 Å². The number of fused-ring (bicyclic) bond motifs is 1. The molecule has 1 unspecified atom stereocenters. The molecule has 0 aliphatic heterocycles. The van der Waals surface area contributed by atoms with Crippen molar-refractivity contribution in [1.82, 2.24) is 14.6 Å². The second-order valence-corrected chi connectivity index (χ2v) is 7.91. The zero-order chi connectivity index (χ0) is 22.4. The molecule has 0 saturated carbocycles. The van der Waals surface area contributed by atoms with Crippen molar-refractivity contribution < 1.29 is 28.2 Å². The summed E-state index contributed by atoms with van der Waals surface area (Å²) >= 11 is 0. The summed E-state index contributed by atoms with van der Waals surface area (Å²) in [6, 6.07) is 6.78. The molecule has 9 heteroatoms. The van der Waals surface area contributed by atoms with Crippen molar-refractivity contribution in [2.24, 2.45) is 5.41 Å². The fourth-order valence-electron chi connectivity index (χ4n) is 3.75. The minimum absolute atomic E-state index is 0.0144. The maximum absolute atomic E-state index is 13.2. The lowest BCUT2D eigenvalue weighted by Crippen LogP contribution is -2.32. The Bertz CT molecular complexity index is 1120. The normalized spacial score (nSPS) is 13.6. The second-order valence-electron chi connectivity index (χ2n) is 7.91. The highest BCUT2D eigenvalue weighted by atomic mass is 19.4. The molecule has 3 aromatic rings. The van der Waals surface area contributed by atoms with Crippen LogP contribution in [0.1, 0.15) is 53.4 Å². The summed E-state index contributed by atoms with van der Waals surface area (Å²) in [6.45, 7) is 6.35. The van der Waals surface area contributed by atoms with Crippen LogP contribution in [0.15, 0.2) is 30.5 Å². The standard InChI is InChI=1S/C21H22F3N3O3/c1-11-5-6-13(9-14(11)10-28)16(20(3,4)19(29)30)15-7-8-27-17(12(15)2)25-26-18(27)21(22,23)24/h5-9,16,28H,10H2,1-4H3,(H,29,30). The molecule has 2 heterocycles. The van der Waals surface area contributed by atoms with Crippen molar-refractivity contribution in [3.05, 3.63) is 64.1 Å². The van der Waals surface area contributed by atoms with Crippen LogP contribution in [0, 0.1) is 19.3 Å². The molecule has 6 nitrogen and oxygen atoms in total. The Morgan fingerprint density at radius 2 is 1.83 bits per heavy atom. The van der Waals surface area contributed by atoms with Crippen molar-refractivity contribution in [1.29, 1.82) is 0 Å². The molecule has 2 aromatic heterocycles. The summed E-state index contributed by atoms with van der Waals surface area (Å²) in [6.07, 6.45) is -3.45. The summed E-state index contributed by atoms with van der Waals surface area (Å²) in [4.78, 5) is 12.1. The van der Waals surface area contributed by atoms with Crippen LogP contribution in [0.4, 0.5) is 13.2 Å². The first kappa shape index (κ1) is 21.8. The number of benzene rings is 1. The van der Waals surface area contributed by atoms with E-state index in [1.54, 1.807) is 39.0 Å². The Balaban J connectivity index is 2.28. The number of rotatable bonds is 5. The van der Waals surface area contributed by atoms with Crippen molar-refractivity contribution >= 4 is 11.6 Å². The highest BCUT2D eigenvalue weighted by Gasteiger charge is 2.41. The monoisotopic (exact) mass is 421 g/mol. The van der Waals surface area contributed by atoms with Gasteiger partial charge in [-0.3, -0.25) is 9.20 Å². The van der Waals surface area contributed by atoms with E-state index in [1.807, 2.05) is 6.92 Å². The van der Waals surface area contributed by atoms with Crippen LogP contribution in [0.5, 0.6) is 0 Å². The fourth-order valence-corrected chi connectivity index (χ4v) is 3.75. The number of carboxylic acid groups (broad SMARTS) is 1. The molecule has 160 valence electrons. The van der Waals surface area contributed by atoms with Gasteiger partial charge in [0.15, 0.2) is 5.65 Å². The van der Waals surface area contributed by atoms with Gasteiger partial charge in [0.25, 0.3) is 0 Å². The van der Waals surface area contributed by atoms with E-state index in [-0.39, 0.29) is 12.3 Å². The van der Waals surface area contributed by atoms with Gasteiger partial charge >= 0.3 is 12.1 Å². The third kappa shape index (κ3) is 3.54. The number of hydrogen-bond acceptors (Lipinski definition) is 4. The number of carbonyl (C=O) groups is 1. The average molecular weight is 421 g/mol. The maximum atomic E-state index is 13.2. The molecular weight excluding hydrogens is 399 g/mol. The van der Waals surface area contributed by atoms with E-state index in [4.69, 9.17) is 0 Å². The van der Waals surface area contributed by atoms with Gasteiger partial charge in [-0.2, -0.15) is 13.2 Å². The molecule has 0 bridgehead atoms. The molecular formula is C21H22F3N3O3. The van der Waals surface area contributed by atoms with Gasteiger partial charge in [-0.05, 0) is 61.6 Å². The second kappa shape index (κ2) is 7.39. The minimum atomic E-state index is -4.67. The van der Waals surface area contributed by atoms with Crippen LogP contribution in [0.3, 0.4) is 0 Å². The number of aliphatic carboxylic acids is 1. The fraction of sp³-hybridized carbons (Fsp3) is 0.381. The average Bonchev–Trinajstić information content (AvgIpc) is 3.10. The first-order valence-corrected chi connectivity index (χ1v) is 9.24. The maximum Gasteiger partial charge on any atom is 0.452 e. The Morgan fingerprint density at radius 3 is 2.40 bits per heavy atom. The molecule has 2 N–H and O–H groups in total. The highest BCUT2D eigenvalue weighted by Crippen LogP contribution is 2.43. The van der Waals surface area contributed by atoms with Crippen LogP contribution in [-0.4, -0.2) is 30.8 Å². The van der Waals surface area contributed by atoms with Gasteiger partial charge in [-0.15, -0.1) is 10.2 Å². The SMILES string of the molecule is Cc1ccc(C(c2ccn3c(C(F)(F)F)nnc3c2C)C(C)(C)C(=O)O)cc1CO. The molecule has 0 radical (unpaired) electrons. The number of hydrogen-bond donors (Lipinski definition) is 2. The predicted octanol–water partition coefficient (Wildman–Crippen LogP) is 4.10. The number of halogens is 3. The number of aliphatic hydroxyl groups is 1. The number of carboxylic acids is 1. The van der Waals surface area contributed by atoms with Gasteiger partial charge in [-0.25, -0.2) is 0 Å². The predicted molar refractivity (Wildman–Crippen MR) is 103 cm³/mol. The number of aromatic nitrogens is 3. The number of pyridine rings is 1. The van der Waals surface area contributed by atoms with E-state index in [1.165, 1.54) is 12.3 Å². The number of aryl methyl sites for hydroxylation is 2. The Morgan fingerprint density at radius 1 is 1.17 bits per heavy atom. The summed E-state index contributed by atoms with van der Waals surface area (Å²) in [5.41, 5.74) is 1.81. The van der Waals surface area contributed by atoms with Gasteiger partial charge in [0.1, 0.15) is 0 Å². The number of nitrogens with zero attached hydrogens (tertiary/aromatic N) is 3. The van der Waals surface area contributed by atoms with Crippen molar-refractivity contribution in [2.45, 2.75) is 46.4 Å². The van der Waals surface area contributed by atoms with Crippen molar-refractivity contribution in [3.63, 3.8) is 0 Å². The van der Waals surface area contributed by atoms with E-state index >= 15 is 0 Å². The summed E-state index contributed by atoms with van der Waals surface area (Å²) in [5.74, 6) is -2.90. The molecule has 3 rings (SSSR count). The molecule has 0 aliphatic carbocycles. The van der Waals surface area contributed by atoms with Crippen LogP contribution in [0.2, 0.25) is 0 Å². The molecule has 0 spiro atoms. The number of aliphatic hydroxyl groups excluding tert-OH is 1. The summed E-state index contributed by atoms with van der Waals surface area (Å²) in [7, 11) is 0. The lowest BCUT2D eigenvalue weighted by atomic mass is 9.70. The third-order valence-corrected chi connectivity index (χ3v) is 5.58. The van der Waals surface area contributed by atoms with E-state index < -0.39 is 29.3 Å². The van der Waals surface area contributed by atoms with Gasteiger partial charge in [0, 0.05) is 12.1 Å². The molecule has 0 saturated heterocycles. The quantitative estimate of drug-likeness (QED) is 0.648. The Kier molecular flexibility index (Phi) is 5.36. The van der Waals surface area contributed by atoms with E-state index in [2.05, 4.69) is 10.2 Å². The summed E-state index contributed by atoms with van der Waals surface area (Å²) < 4.78 is 40.5.